The van der Waals surface area contributed by atoms with Gasteiger partial charge in [-0.05, 0) is 42.0 Å². The van der Waals surface area contributed by atoms with Crippen molar-refractivity contribution in [1.29, 1.82) is 0 Å². The minimum absolute atomic E-state index is 0.0902. The minimum Gasteiger partial charge on any atom is -0.361 e. The van der Waals surface area contributed by atoms with Crippen molar-refractivity contribution in [2.24, 2.45) is 5.92 Å². The van der Waals surface area contributed by atoms with Crippen LogP contribution in [-0.2, 0) is 11.2 Å². The molecule has 0 saturated heterocycles. The van der Waals surface area contributed by atoms with Crippen molar-refractivity contribution >= 4 is 22.4 Å². The first kappa shape index (κ1) is 15.5. The average molecular weight is 323 g/mol. The number of nitrogens with one attached hydrogen (secondary N) is 3. The van der Waals surface area contributed by atoms with E-state index < -0.39 is 0 Å². The van der Waals surface area contributed by atoms with E-state index in [9.17, 15) is 4.79 Å². The van der Waals surface area contributed by atoms with Gasteiger partial charge in [0.25, 0.3) is 0 Å². The van der Waals surface area contributed by atoms with Crippen LogP contribution in [0.3, 0.4) is 0 Å². The summed E-state index contributed by atoms with van der Waals surface area (Å²) in [5.74, 6) is 0.0572. The third-order valence-electron chi connectivity index (χ3n) is 5.53. The number of hydrogen-bond acceptors (Lipinski definition) is 2. The van der Waals surface area contributed by atoms with Gasteiger partial charge in [0.05, 0.1) is 5.92 Å². The number of fused-ring (bicyclic) bond motifs is 2. The van der Waals surface area contributed by atoms with E-state index in [1.807, 2.05) is 0 Å². The summed E-state index contributed by atoms with van der Waals surface area (Å²) in [5.41, 5.74) is 5.11. The average Bonchev–Trinajstić information content (AvgIpc) is 3.03. The van der Waals surface area contributed by atoms with Crippen LogP contribution in [0.15, 0.2) is 30.5 Å². The fourth-order valence-corrected chi connectivity index (χ4v) is 4.08. The monoisotopic (exact) mass is 323 g/mol. The first-order chi connectivity index (χ1) is 11.7. The van der Waals surface area contributed by atoms with Gasteiger partial charge in [-0.3, -0.25) is 4.79 Å². The lowest BCUT2D eigenvalue weighted by molar-refractivity contribution is -0.124. The molecule has 2 aliphatic rings. The van der Waals surface area contributed by atoms with Gasteiger partial charge in [0.1, 0.15) is 0 Å². The molecule has 3 N–H and O–H groups in total. The predicted octanol–water partition coefficient (Wildman–Crippen LogP) is 3.00. The van der Waals surface area contributed by atoms with E-state index >= 15 is 0 Å². The summed E-state index contributed by atoms with van der Waals surface area (Å²) >= 11 is 0. The molecule has 1 aromatic heterocycles. The topological polar surface area (TPSA) is 56.9 Å². The predicted molar refractivity (Wildman–Crippen MR) is 97.8 cm³/mol. The van der Waals surface area contributed by atoms with Crippen LogP contribution in [0, 0.1) is 5.92 Å². The zero-order chi connectivity index (χ0) is 16.7. The van der Waals surface area contributed by atoms with E-state index in [0.717, 1.165) is 25.8 Å². The fourth-order valence-electron chi connectivity index (χ4n) is 4.08. The van der Waals surface area contributed by atoms with Gasteiger partial charge in [0.15, 0.2) is 0 Å². The molecule has 1 aromatic carbocycles. The number of aromatic amines is 1. The molecular weight excluding hydrogens is 298 g/mol. The summed E-state index contributed by atoms with van der Waals surface area (Å²) in [6.07, 6.45) is 7.27. The van der Waals surface area contributed by atoms with Gasteiger partial charge < -0.3 is 15.6 Å². The molecule has 1 unspecified atom stereocenters. The summed E-state index contributed by atoms with van der Waals surface area (Å²) in [6.45, 7) is 4.96. The zero-order valence-electron chi connectivity index (χ0n) is 14.4. The lowest BCUT2D eigenvalue weighted by Crippen LogP contribution is -2.47. The molecule has 1 amide bonds. The number of rotatable bonds is 4. The first-order valence-corrected chi connectivity index (χ1v) is 9.06. The highest BCUT2D eigenvalue weighted by atomic mass is 16.1. The highest BCUT2D eigenvalue weighted by Crippen LogP contribution is 2.38. The van der Waals surface area contributed by atoms with Gasteiger partial charge in [-0.25, -0.2) is 0 Å². The van der Waals surface area contributed by atoms with Crippen LogP contribution < -0.4 is 10.6 Å². The van der Waals surface area contributed by atoms with Gasteiger partial charge in [-0.2, -0.15) is 0 Å². The van der Waals surface area contributed by atoms with E-state index in [4.69, 9.17) is 0 Å². The Hall–Kier alpha value is -2.07. The van der Waals surface area contributed by atoms with Crippen molar-refractivity contribution in [3.63, 3.8) is 0 Å². The third-order valence-corrected chi connectivity index (χ3v) is 5.53. The van der Waals surface area contributed by atoms with Crippen molar-refractivity contribution in [2.75, 3.05) is 6.54 Å². The van der Waals surface area contributed by atoms with Gasteiger partial charge in [-0.1, -0.05) is 32.1 Å². The third kappa shape index (κ3) is 2.46. The van der Waals surface area contributed by atoms with E-state index in [1.165, 1.54) is 27.6 Å². The Labute approximate surface area is 142 Å². The summed E-state index contributed by atoms with van der Waals surface area (Å²) in [5, 5.41) is 8.10. The number of H-pyrrole nitrogens is 1. The summed E-state index contributed by atoms with van der Waals surface area (Å²) < 4.78 is 0. The Morgan fingerprint density at radius 3 is 2.96 bits per heavy atom. The Morgan fingerprint density at radius 2 is 2.17 bits per heavy atom. The van der Waals surface area contributed by atoms with Crippen LogP contribution in [0.25, 0.3) is 16.5 Å². The Balaban J connectivity index is 1.67. The first-order valence-electron chi connectivity index (χ1n) is 9.06. The molecule has 0 fully saturated rings. The van der Waals surface area contributed by atoms with Crippen LogP contribution in [0.1, 0.15) is 37.8 Å². The standard InChI is InChI=1S/C20H25N3O/c1-3-14(4-2)23-20(24)13-8-16-15-6-5-7-17-19(15)12(10-21-17)9-18(16)22-11-13/h5-8,10,13-14,18,21-22H,3-4,9,11H2,1-2H3,(H,23,24)/t13?,18-/m1/s1. The zero-order valence-corrected chi connectivity index (χ0v) is 14.4. The molecule has 2 atom stereocenters. The lowest BCUT2D eigenvalue weighted by Gasteiger charge is -2.33. The Bertz CT molecular complexity index is 800. The Kier molecular flexibility index (Phi) is 3.93. The van der Waals surface area contributed by atoms with E-state index in [2.05, 4.69) is 59.9 Å². The van der Waals surface area contributed by atoms with Gasteiger partial charge in [-0.15, -0.1) is 0 Å². The van der Waals surface area contributed by atoms with Gasteiger partial charge in [0, 0.05) is 35.7 Å². The number of amides is 1. The maximum atomic E-state index is 12.6. The van der Waals surface area contributed by atoms with Gasteiger partial charge >= 0.3 is 0 Å². The molecule has 4 heteroatoms. The quantitative estimate of drug-likeness (QED) is 0.810. The number of carbonyl (C=O) groups is 1. The maximum Gasteiger partial charge on any atom is 0.228 e. The molecule has 4 rings (SSSR count). The molecule has 2 heterocycles. The van der Waals surface area contributed by atoms with Crippen LogP contribution in [-0.4, -0.2) is 29.5 Å². The van der Waals surface area contributed by atoms with E-state index in [0.29, 0.717) is 6.04 Å². The van der Waals surface area contributed by atoms with Crippen LogP contribution >= 0.6 is 0 Å². The van der Waals surface area contributed by atoms with Crippen molar-refractivity contribution in [3.05, 3.63) is 41.6 Å². The molecule has 4 nitrogen and oxygen atoms in total. The molecular formula is C20H25N3O. The number of aromatic nitrogens is 1. The molecule has 1 aliphatic heterocycles. The lowest BCUT2D eigenvalue weighted by atomic mass is 9.80. The second kappa shape index (κ2) is 6.10. The number of benzene rings is 1. The second-order valence-corrected chi connectivity index (χ2v) is 6.96. The van der Waals surface area contributed by atoms with Crippen molar-refractivity contribution < 1.29 is 4.79 Å². The summed E-state index contributed by atoms with van der Waals surface area (Å²) in [6, 6.07) is 6.99. The molecule has 1 aliphatic carbocycles. The van der Waals surface area contributed by atoms with Gasteiger partial charge in [0.2, 0.25) is 5.91 Å². The molecule has 0 bridgehead atoms. The van der Waals surface area contributed by atoms with Crippen molar-refractivity contribution in [3.8, 4) is 0 Å². The normalized spacial score (nSPS) is 22.4. The largest absolute Gasteiger partial charge is 0.361 e. The smallest absolute Gasteiger partial charge is 0.228 e. The molecule has 2 aromatic rings. The molecule has 126 valence electrons. The van der Waals surface area contributed by atoms with Crippen molar-refractivity contribution in [1.82, 2.24) is 15.6 Å². The molecule has 0 radical (unpaired) electrons. The highest BCUT2D eigenvalue weighted by molar-refractivity contribution is 5.99. The SMILES string of the molecule is CCC(CC)NC(=O)C1C=C2c3cccc4[nH]cc(c34)C[C@H]2NC1. The van der Waals surface area contributed by atoms with E-state index in [1.54, 1.807) is 0 Å². The number of carbonyl (C=O) groups excluding carboxylic acids is 1. The number of hydrogen-bond donors (Lipinski definition) is 3. The second-order valence-electron chi connectivity index (χ2n) is 6.96. The van der Waals surface area contributed by atoms with Crippen molar-refractivity contribution in [2.45, 2.75) is 45.2 Å². The Morgan fingerprint density at radius 1 is 1.33 bits per heavy atom. The van der Waals surface area contributed by atoms with Crippen LogP contribution in [0.4, 0.5) is 0 Å². The van der Waals surface area contributed by atoms with Crippen LogP contribution in [0.5, 0.6) is 0 Å². The molecule has 0 spiro atoms. The van der Waals surface area contributed by atoms with E-state index in [-0.39, 0.29) is 17.9 Å². The van der Waals surface area contributed by atoms with Crippen LogP contribution in [0.2, 0.25) is 0 Å². The molecule has 24 heavy (non-hydrogen) atoms. The maximum absolute atomic E-state index is 12.6. The highest BCUT2D eigenvalue weighted by Gasteiger charge is 2.32. The summed E-state index contributed by atoms with van der Waals surface area (Å²) in [7, 11) is 0. The molecule has 0 saturated carbocycles. The minimum atomic E-state index is -0.0902. The fraction of sp³-hybridized carbons (Fsp3) is 0.450. The summed E-state index contributed by atoms with van der Waals surface area (Å²) in [4.78, 5) is 16.0.